The second-order valence-electron chi connectivity index (χ2n) is 7.35. The lowest BCUT2D eigenvalue weighted by molar-refractivity contribution is 0.0971. The quantitative estimate of drug-likeness (QED) is 0.357. The molecule has 1 atom stereocenters. The lowest BCUT2D eigenvalue weighted by Gasteiger charge is -2.26. The van der Waals surface area contributed by atoms with E-state index in [2.05, 4.69) is 0 Å². The van der Waals surface area contributed by atoms with Crippen LogP contribution in [-0.2, 0) is 0 Å². The number of carbonyl (C=O) groups is 1. The summed E-state index contributed by atoms with van der Waals surface area (Å²) in [6, 6.07) is 14.7. The summed E-state index contributed by atoms with van der Waals surface area (Å²) in [4.78, 5) is 28.3. The fourth-order valence-electron chi connectivity index (χ4n) is 3.93. The number of fused-ring (bicyclic) bond motifs is 2. The van der Waals surface area contributed by atoms with Gasteiger partial charge in [-0.25, -0.2) is 4.39 Å². The minimum Gasteiger partial charge on any atom is -0.450 e. The van der Waals surface area contributed by atoms with Crippen molar-refractivity contribution in [3.63, 3.8) is 0 Å². The molecule has 154 valence electrons. The molecule has 31 heavy (non-hydrogen) atoms. The van der Waals surface area contributed by atoms with E-state index in [0.717, 1.165) is 5.56 Å². The van der Waals surface area contributed by atoms with Gasteiger partial charge in [-0.15, -0.1) is 0 Å². The van der Waals surface area contributed by atoms with Crippen molar-refractivity contribution < 1.29 is 13.6 Å². The fraction of sp³-hybridized carbons (Fsp3) is 0.0833. The van der Waals surface area contributed by atoms with Gasteiger partial charge in [0.2, 0.25) is 5.76 Å². The van der Waals surface area contributed by atoms with Crippen molar-refractivity contribution in [3.8, 4) is 0 Å². The minimum atomic E-state index is -1.01. The van der Waals surface area contributed by atoms with Crippen LogP contribution in [0.25, 0.3) is 11.0 Å². The summed E-state index contributed by atoms with van der Waals surface area (Å²) in [6.07, 6.45) is 0. The van der Waals surface area contributed by atoms with Crippen LogP contribution in [0.5, 0.6) is 0 Å². The zero-order valence-corrected chi connectivity index (χ0v) is 17.7. The maximum absolute atomic E-state index is 14.9. The number of anilines is 1. The van der Waals surface area contributed by atoms with Gasteiger partial charge >= 0.3 is 0 Å². The van der Waals surface area contributed by atoms with Gasteiger partial charge in [-0.3, -0.25) is 14.5 Å². The first-order valence-electron chi connectivity index (χ1n) is 9.47. The van der Waals surface area contributed by atoms with Crippen molar-refractivity contribution in [2.75, 3.05) is 4.90 Å². The van der Waals surface area contributed by atoms with E-state index >= 15 is 0 Å². The number of hydrogen-bond donors (Lipinski definition) is 0. The van der Waals surface area contributed by atoms with Gasteiger partial charge in [0.05, 0.1) is 17.0 Å². The first-order chi connectivity index (χ1) is 14.9. The first-order valence-corrected chi connectivity index (χ1v) is 10.2. The van der Waals surface area contributed by atoms with Gasteiger partial charge in [0.25, 0.3) is 5.91 Å². The highest BCUT2D eigenvalue weighted by Gasteiger charge is 2.44. The Morgan fingerprint density at radius 3 is 2.52 bits per heavy atom. The maximum atomic E-state index is 14.9. The monoisotopic (exact) mass is 453 g/mol. The predicted molar refractivity (Wildman–Crippen MR) is 119 cm³/mol. The lowest BCUT2D eigenvalue weighted by atomic mass is 9.97. The van der Waals surface area contributed by atoms with Crippen LogP contribution >= 0.6 is 23.2 Å². The van der Waals surface area contributed by atoms with Crippen LogP contribution in [0.3, 0.4) is 0 Å². The van der Waals surface area contributed by atoms with Crippen molar-refractivity contribution in [2.45, 2.75) is 13.0 Å². The highest BCUT2D eigenvalue weighted by atomic mass is 35.5. The molecule has 2 heterocycles. The number of amides is 1. The molecule has 1 aliphatic rings. The zero-order chi connectivity index (χ0) is 21.9. The summed E-state index contributed by atoms with van der Waals surface area (Å²) in [7, 11) is 0. The van der Waals surface area contributed by atoms with Crippen molar-refractivity contribution >= 4 is 45.8 Å². The number of rotatable bonds is 2. The normalized spacial score (nSPS) is 15.5. The Kier molecular flexibility index (Phi) is 4.61. The van der Waals surface area contributed by atoms with E-state index in [-0.39, 0.29) is 27.9 Å². The molecule has 4 aromatic rings. The van der Waals surface area contributed by atoms with Gasteiger partial charge in [-0.1, -0.05) is 47.5 Å². The molecule has 7 heteroatoms. The second-order valence-corrected chi connectivity index (χ2v) is 8.19. The molecule has 1 amide bonds. The van der Waals surface area contributed by atoms with E-state index in [1.165, 1.54) is 23.1 Å². The van der Waals surface area contributed by atoms with Crippen molar-refractivity contribution in [1.29, 1.82) is 0 Å². The van der Waals surface area contributed by atoms with Gasteiger partial charge in [0.15, 0.2) is 5.43 Å². The fourth-order valence-corrected chi connectivity index (χ4v) is 4.28. The van der Waals surface area contributed by atoms with E-state index in [9.17, 15) is 14.0 Å². The van der Waals surface area contributed by atoms with Crippen molar-refractivity contribution in [1.82, 2.24) is 0 Å². The molecule has 0 radical (unpaired) electrons. The van der Waals surface area contributed by atoms with Crippen LogP contribution in [0.2, 0.25) is 10.0 Å². The van der Waals surface area contributed by atoms with E-state index in [4.69, 9.17) is 27.6 Å². The van der Waals surface area contributed by atoms with Crippen LogP contribution in [0, 0.1) is 12.7 Å². The average molecular weight is 454 g/mol. The zero-order valence-electron chi connectivity index (χ0n) is 16.2. The molecule has 1 aliphatic heterocycles. The Bertz CT molecular complexity index is 1450. The largest absolute Gasteiger partial charge is 0.450 e. The summed E-state index contributed by atoms with van der Waals surface area (Å²) in [5.74, 6) is -1.20. The Balaban J connectivity index is 1.85. The summed E-state index contributed by atoms with van der Waals surface area (Å²) in [6.45, 7) is 1.84. The van der Waals surface area contributed by atoms with E-state index in [1.807, 2.05) is 6.92 Å². The van der Waals surface area contributed by atoms with Gasteiger partial charge in [0, 0.05) is 21.3 Å². The van der Waals surface area contributed by atoms with E-state index in [1.54, 1.807) is 42.5 Å². The Labute approximate surface area is 186 Å². The lowest BCUT2D eigenvalue weighted by Crippen LogP contribution is -2.30. The molecule has 0 N–H and O–H groups in total. The van der Waals surface area contributed by atoms with Crippen LogP contribution in [-0.4, -0.2) is 5.91 Å². The Hall–Kier alpha value is -3.15. The molecule has 0 bridgehead atoms. The number of halogens is 3. The SMILES string of the molecule is Cc1ccc(N2C(=O)c3oc4ccc(Cl)cc4c(=O)c3C2c2ccccc2F)cc1Cl. The van der Waals surface area contributed by atoms with Crippen LogP contribution in [0.15, 0.2) is 69.9 Å². The molecule has 0 fully saturated rings. The number of hydrogen-bond acceptors (Lipinski definition) is 3. The average Bonchev–Trinajstić information content (AvgIpc) is 3.04. The molecule has 4 nitrogen and oxygen atoms in total. The third kappa shape index (κ3) is 3.04. The highest BCUT2D eigenvalue weighted by Crippen LogP contribution is 2.42. The third-order valence-corrected chi connectivity index (χ3v) is 6.11. The number of carbonyl (C=O) groups excluding carboxylic acids is 1. The topological polar surface area (TPSA) is 50.5 Å². The molecule has 1 unspecified atom stereocenters. The van der Waals surface area contributed by atoms with Crippen molar-refractivity contribution in [2.24, 2.45) is 0 Å². The predicted octanol–water partition coefficient (Wildman–Crippen LogP) is 6.30. The molecule has 0 spiro atoms. The van der Waals surface area contributed by atoms with Crippen LogP contribution in [0.1, 0.15) is 33.3 Å². The third-order valence-electron chi connectivity index (χ3n) is 5.47. The van der Waals surface area contributed by atoms with E-state index < -0.39 is 23.2 Å². The molecule has 1 aromatic heterocycles. The number of nitrogens with zero attached hydrogens (tertiary/aromatic N) is 1. The summed E-state index contributed by atoms with van der Waals surface area (Å²) in [5, 5.41) is 1.03. The molecular formula is C24H14Cl2FNO3. The Morgan fingerprint density at radius 1 is 1.00 bits per heavy atom. The highest BCUT2D eigenvalue weighted by molar-refractivity contribution is 6.32. The molecular weight excluding hydrogens is 440 g/mol. The maximum Gasteiger partial charge on any atom is 0.295 e. The van der Waals surface area contributed by atoms with E-state index in [0.29, 0.717) is 15.7 Å². The molecule has 0 saturated heterocycles. The number of aryl methyl sites for hydroxylation is 1. The standard InChI is InChI=1S/C24H14Cl2FNO3/c1-12-6-8-14(11-17(12)26)28-21(15-4-2-3-5-18(15)27)20-22(29)16-10-13(25)7-9-19(16)31-23(20)24(28)30/h2-11,21H,1H3. The number of benzene rings is 3. The first kappa shape index (κ1) is 19.8. The van der Waals surface area contributed by atoms with Gasteiger partial charge in [-0.05, 0) is 48.9 Å². The smallest absolute Gasteiger partial charge is 0.295 e. The van der Waals surface area contributed by atoms with Gasteiger partial charge in [-0.2, -0.15) is 0 Å². The van der Waals surface area contributed by atoms with Crippen molar-refractivity contribution in [3.05, 3.63) is 109 Å². The van der Waals surface area contributed by atoms with Gasteiger partial charge < -0.3 is 4.42 Å². The molecule has 0 aliphatic carbocycles. The summed E-state index contributed by atoms with van der Waals surface area (Å²) < 4.78 is 20.7. The summed E-state index contributed by atoms with van der Waals surface area (Å²) >= 11 is 12.4. The molecule has 5 rings (SSSR count). The minimum absolute atomic E-state index is 0.0709. The second kappa shape index (κ2) is 7.22. The molecule has 3 aromatic carbocycles. The summed E-state index contributed by atoms with van der Waals surface area (Å²) in [5.41, 5.74) is 1.31. The Morgan fingerprint density at radius 2 is 1.77 bits per heavy atom. The molecule has 0 saturated carbocycles. The van der Waals surface area contributed by atoms with Crippen LogP contribution < -0.4 is 10.3 Å². The van der Waals surface area contributed by atoms with Gasteiger partial charge in [0.1, 0.15) is 11.4 Å². The van der Waals surface area contributed by atoms with Crippen LogP contribution in [0.4, 0.5) is 10.1 Å².